The van der Waals surface area contributed by atoms with Gasteiger partial charge in [0, 0.05) is 17.8 Å². The molecule has 2 N–H and O–H groups in total. The van der Waals surface area contributed by atoms with Gasteiger partial charge in [-0.25, -0.2) is 0 Å². The number of carbonyl (C=O) groups is 1. The van der Waals surface area contributed by atoms with E-state index in [0.29, 0.717) is 22.3 Å². The van der Waals surface area contributed by atoms with Crippen LogP contribution in [0.2, 0.25) is 10.0 Å². The van der Waals surface area contributed by atoms with Crippen LogP contribution in [0.25, 0.3) is 0 Å². The molecule has 0 heterocycles. The normalized spacial score (nSPS) is 10.4. The summed E-state index contributed by atoms with van der Waals surface area (Å²) in [6, 6.07) is 22.6. The Morgan fingerprint density at radius 3 is 2.29 bits per heavy atom. The van der Waals surface area contributed by atoms with Crippen molar-refractivity contribution < 1.29 is 9.53 Å². The molecule has 144 valence electrons. The summed E-state index contributed by atoms with van der Waals surface area (Å²) >= 11 is 11.8. The molecular weight excluding hydrogens is 395 g/mol. The molecule has 28 heavy (non-hydrogen) atoms. The fraction of sp³-hybridized carbons (Fsp3) is 0.136. The van der Waals surface area contributed by atoms with Gasteiger partial charge < -0.3 is 15.4 Å². The number of anilines is 2. The molecule has 0 spiro atoms. The highest BCUT2D eigenvalue weighted by molar-refractivity contribution is 6.42. The fourth-order valence-corrected chi connectivity index (χ4v) is 2.86. The Bertz CT molecular complexity index is 916. The Kier molecular flexibility index (Phi) is 7.18. The molecule has 0 atom stereocenters. The smallest absolute Gasteiger partial charge is 0.243 e. The molecular formula is C22H20Cl2N2O2. The first-order valence-corrected chi connectivity index (χ1v) is 9.61. The van der Waals surface area contributed by atoms with Crippen LogP contribution in [0.5, 0.6) is 5.75 Å². The SMILES string of the molecule is O=C(CNc1ccc(Cl)c(Cl)c1)Nc1ccc(OCCc2ccccc2)cc1. The first kappa shape index (κ1) is 20.1. The van der Waals surface area contributed by atoms with E-state index in [-0.39, 0.29) is 12.5 Å². The first-order valence-electron chi connectivity index (χ1n) is 8.86. The quantitative estimate of drug-likeness (QED) is 0.499. The number of rotatable bonds is 8. The molecule has 0 aromatic heterocycles. The maximum absolute atomic E-state index is 12.1. The van der Waals surface area contributed by atoms with Crippen molar-refractivity contribution in [3.63, 3.8) is 0 Å². The van der Waals surface area contributed by atoms with Gasteiger partial charge >= 0.3 is 0 Å². The number of ether oxygens (including phenoxy) is 1. The van der Waals surface area contributed by atoms with Crippen molar-refractivity contribution in [2.45, 2.75) is 6.42 Å². The average Bonchev–Trinajstić information content (AvgIpc) is 2.71. The van der Waals surface area contributed by atoms with Gasteiger partial charge in [0.15, 0.2) is 0 Å². The number of nitrogens with one attached hydrogen (secondary N) is 2. The van der Waals surface area contributed by atoms with Crippen molar-refractivity contribution >= 4 is 40.5 Å². The zero-order valence-electron chi connectivity index (χ0n) is 15.1. The highest BCUT2D eigenvalue weighted by atomic mass is 35.5. The molecule has 0 unspecified atom stereocenters. The van der Waals surface area contributed by atoms with Crippen LogP contribution in [0, 0.1) is 0 Å². The van der Waals surface area contributed by atoms with Crippen LogP contribution in [0.3, 0.4) is 0 Å². The number of carbonyl (C=O) groups excluding carboxylic acids is 1. The maximum Gasteiger partial charge on any atom is 0.243 e. The van der Waals surface area contributed by atoms with Gasteiger partial charge in [0.2, 0.25) is 5.91 Å². The summed E-state index contributed by atoms with van der Waals surface area (Å²) in [6.07, 6.45) is 0.847. The highest BCUT2D eigenvalue weighted by Crippen LogP contribution is 2.24. The zero-order chi connectivity index (χ0) is 19.8. The van der Waals surface area contributed by atoms with E-state index in [0.717, 1.165) is 17.9 Å². The molecule has 0 aliphatic rings. The minimum atomic E-state index is -0.163. The Labute approximate surface area is 174 Å². The molecule has 0 bridgehead atoms. The van der Waals surface area contributed by atoms with E-state index in [1.54, 1.807) is 18.2 Å². The second kappa shape index (κ2) is 10.0. The first-order chi connectivity index (χ1) is 13.6. The lowest BCUT2D eigenvalue weighted by Gasteiger charge is -2.10. The molecule has 3 rings (SSSR count). The Morgan fingerprint density at radius 1 is 0.857 bits per heavy atom. The minimum absolute atomic E-state index is 0.118. The number of hydrogen-bond acceptors (Lipinski definition) is 3. The van der Waals surface area contributed by atoms with E-state index in [9.17, 15) is 4.79 Å². The highest BCUT2D eigenvalue weighted by Gasteiger charge is 2.04. The summed E-state index contributed by atoms with van der Waals surface area (Å²) in [5.41, 5.74) is 2.67. The number of benzene rings is 3. The third-order valence-corrected chi connectivity index (χ3v) is 4.75. The Balaban J connectivity index is 1.42. The van der Waals surface area contributed by atoms with Crippen molar-refractivity contribution in [1.82, 2.24) is 0 Å². The molecule has 0 aliphatic carbocycles. The molecule has 0 aliphatic heterocycles. The van der Waals surface area contributed by atoms with Crippen molar-refractivity contribution in [3.8, 4) is 5.75 Å². The number of hydrogen-bond donors (Lipinski definition) is 2. The Hall–Kier alpha value is -2.69. The summed E-state index contributed by atoms with van der Waals surface area (Å²) in [4.78, 5) is 12.1. The van der Waals surface area contributed by atoms with Gasteiger partial charge in [-0.2, -0.15) is 0 Å². The van der Waals surface area contributed by atoms with Crippen molar-refractivity contribution in [1.29, 1.82) is 0 Å². The average molecular weight is 415 g/mol. The minimum Gasteiger partial charge on any atom is -0.493 e. The molecule has 3 aromatic rings. The second-order valence-electron chi connectivity index (χ2n) is 6.14. The Morgan fingerprint density at radius 2 is 1.57 bits per heavy atom. The van der Waals surface area contributed by atoms with Gasteiger partial charge in [0.05, 0.1) is 23.2 Å². The van der Waals surface area contributed by atoms with E-state index < -0.39 is 0 Å². The zero-order valence-corrected chi connectivity index (χ0v) is 16.6. The molecule has 0 radical (unpaired) electrons. The van der Waals surface area contributed by atoms with Gasteiger partial charge in [-0.1, -0.05) is 53.5 Å². The van der Waals surface area contributed by atoms with Gasteiger partial charge in [0.25, 0.3) is 0 Å². The predicted octanol–water partition coefficient (Wildman–Crippen LogP) is 5.67. The fourth-order valence-electron chi connectivity index (χ4n) is 2.56. The summed E-state index contributed by atoms with van der Waals surface area (Å²) in [6.45, 7) is 0.719. The summed E-state index contributed by atoms with van der Waals surface area (Å²) in [7, 11) is 0. The second-order valence-corrected chi connectivity index (χ2v) is 6.95. The van der Waals surface area contributed by atoms with Crippen LogP contribution in [-0.2, 0) is 11.2 Å². The molecule has 6 heteroatoms. The van der Waals surface area contributed by atoms with E-state index >= 15 is 0 Å². The predicted molar refractivity (Wildman–Crippen MR) is 116 cm³/mol. The van der Waals surface area contributed by atoms with E-state index in [4.69, 9.17) is 27.9 Å². The summed E-state index contributed by atoms with van der Waals surface area (Å²) < 4.78 is 5.75. The molecule has 0 saturated carbocycles. The molecule has 0 saturated heterocycles. The van der Waals surface area contributed by atoms with Crippen molar-refractivity contribution in [3.05, 3.63) is 88.4 Å². The van der Waals surface area contributed by atoms with E-state index in [1.807, 2.05) is 42.5 Å². The third kappa shape index (κ3) is 6.19. The molecule has 1 amide bonds. The van der Waals surface area contributed by atoms with Gasteiger partial charge in [-0.05, 0) is 48.0 Å². The molecule has 3 aromatic carbocycles. The third-order valence-electron chi connectivity index (χ3n) is 4.01. The standard InChI is InChI=1S/C22H20Cl2N2O2/c23-20-11-8-18(14-21(20)24)25-15-22(27)26-17-6-9-19(10-7-17)28-13-12-16-4-2-1-3-5-16/h1-11,14,25H,12-13,15H2,(H,26,27). The van der Waals surface area contributed by atoms with Crippen LogP contribution in [0.15, 0.2) is 72.8 Å². The number of halogens is 2. The lowest BCUT2D eigenvalue weighted by atomic mass is 10.2. The number of amides is 1. The molecule has 4 nitrogen and oxygen atoms in total. The van der Waals surface area contributed by atoms with Crippen LogP contribution in [0.4, 0.5) is 11.4 Å². The lowest BCUT2D eigenvalue weighted by Crippen LogP contribution is -2.21. The van der Waals surface area contributed by atoms with Crippen LogP contribution in [0.1, 0.15) is 5.56 Å². The monoisotopic (exact) mass is 414 g/mol. The largest absolute Gasteiger partial charge is 0.493 e. The maximum atomic E-state index is 12.1. The van der Waals surface area contributed by atoms with Crippen LogP contribution >= 0.6 is 23.2 Å². The van der Waals surface area contributed by atoms with Crippen molar-refractivity contribution in [2.75, 3.05) is 23.8 Å². The van der Waals surface area contributed by atoms with E-state index in [2.05, 4.69) is 22.8 Å². The summed E-state index contributed by atoms with van der Waals surface area (Å²) in [5.74, 6) is 0.603. The lowest BCUT2D eigenvalue weighted by molar-refractivity contribution is -0.114. The van der Waals surface area contributed by atoms with Crippen molar-refractivity contribution in [2.24, 2.45) is 0 Å². The van der Waals surface area contributed by atoms with Gasteiger partial charge in [0.1, 0.15) is 5.75 Å². The molecule has 0 fully saturated rings. The van der Waals surface area contributed by atoms with E-state index in [1.165, 1.54) is 5.56 Å². The van der Waals surface area contributed by atoms with Crippen LogP contribution in [-0.4, -0.2) is 19.1 Å². The topological polar surface area (TPSA) is 50.4 Å². The van der Waals surface area contributed by atoms with Crippen LogP contribution < -0.4 is 15.4 Å². The van der Waals surface area contributed by atoms with Gasteiger partial charge in [-0.3, -0.25) is 4.79 Å². The summed E-state index contributed by atoms with van der Waals surface area (Å²) in [5, 5.41) is 6.75. The van der Waals surface area contributed by atoms with Gasteiger partial charge in [-0.15, -0.1) is 0 Å².